The van der Waals surface area contributed by atoms with Crippen molar-refractivity contribution in [3.8, 4) is 0 Å². The first-order chi connectivity index (χ1) is 14.9. The van der Waals surface area contributed by atoms with Crippen molar-refractivity contribution >= 4 is 17.7 Å². The van der Waals surface area contributed by atoms with E-state index in [9.17, 15) is 14.4 Å². The number of esters is 1. The number of ether oxygens (including phenoxy) is 1. The lowest BCUT2D eigenvalue weighted by Crippen LogP contribution is -2.34. The molecule has 0 saturated heterocycles. The highest BCUT2D eigenvalue weighted by Crippen LogP contribution is 2.19. The summed E-state index contributed by atoms with van der Waals surface area (Å²) in [6, 6.07) is 19.3. The molecule has 6 heteroatoms. The fraction of sp³-hybridized carbons (Fsp3) is 0.240. The minimum atomic E-state index is -0.652. The number of aryl methyl sites for hydroxylation is 1. The van der Waals surface area contributed by atoms with Gasteiger partial charge in [-0.05, 0) is 37.5 Å². The number of aromatic amines is 1. The maximum absolute atomic E-state index is 12.9. The van der Waals surface area contributed by atoms with Gasteiger partial charge >= 0.3 is 5.97 Å². The van der Waals surface area contributed by atoms with Crippen LogP contribution in [0.3, 0.4) is 0 Å². The first-order valence-corrected chi connectivity index (χ1v) is 10.1. The van der Waals surface area contributed by atoms with Gasteiger partial charge in [-0.15, -0.1) is 0 Å². The Morgan fingerprint density at radius 3 is 1.84 bits per heavy atom. The Hall–Kier alpha value is -3.67. The molecule has 31 heavy (non-hydrogen) atoms. The number of ketones is 1. The van der Waals surface area contributed by atoms with E-state index in [0.717, 1.165) is 11.1 Å². The molecular weight excluding hydrogens is 392 g/mol. The van der Waals surface area contributed by atoms with E-state index in [4.69, 9.17) is 4.74 Å². The Labute approximate surface area is 181 Å². The normalized spacial score (nSPS) is 10.5. The van der Waals surface area contributed by atoms with Crippen LogP contribution in [0.4, 0.5) is 0 Å². The Kier molecular flexibility index (Phi) is 7.03. The highest BCUT2D eigenvalue weighted by atomic mass is 16.5. The third kappa shape index (κ3) is 5.48. The van der Waals surface area contributed by atoms with Gasteiger partial charge < -0.3 is 14.6 Å². The summed E-state index contributed by atoms with van der Waals surface area (Å²) in [4.78, 5) is 41.9. The molecule has 160 valence electrons. The van der Waals surface area contributed by atoms with Crippen molar-refractivity contribution in [1.82, 2.24) is 9.88 Å². The lowest BCUT2D eigenvalue weighted by Gasteiger charge is -2.23. The SMILES string of the molecule is CC(=O)c1c(C)[nH]c(C(=O)OCC(=O)N(Cc2ccccc2)Cc2ccccc2)c1C. The Morgan fingerprint density at radius 1 is 0.871 bits per heavy atom. The van der Waals surface area contributed by atoms with Crippen molar-refractivity contribution in [2.45, 2.75) is 33.9 Å². The molecule has 0 saturated carbocycles. The number of hydrogen-bond donors (Lipinski definition) is 1. The third-order valence-corrected chi connectivity index (χ3v) is 5.11. The number of amides is 1. The van der Waals surface area contributed by atoms with Gasteiger partial charge in [0.1, 0.15) is 5.69 Å². The van der Waals surface area contributed by atoms with Crippen LogP contribution < -0.4 is 0 Å². The van der Waals surface area contributed by atoms with Crippen molar-refractivity contribution < 1.29 is 19.1 Å². The molecule has 1 amide bonds. The van der Waals surface area contributed by atoms with Gasteiger partial charge in [0, 0.05) is 24.3 Å². The standard InChI is InChI=1S/C25H26N2O4/c1-17-23(19(3)28)18(2)26-24(17)25(30)31-16-22(29)27(14-20-10-6-4-7-11-20)15-21-12-8-5-9-13-21/h4-13,26H,14-16H2,1-3H3. The first kappa shape index (κ1) is 22.0. The van der Waals surface area contributed by atoms with Crippen LogP contribution in [0.15, 0.2) is 60.7 Å². The van der Waals surface area contributed by atoms with Crippen LogP contribution >= 0.6 is 0 Å². The fourth-order valence-corrected chi connectivity index (χ4v) is 3.61. The van der Waals surface area contributed by atoms with E-state index < -0.39 is 5.97 Å². The molecule has 1 aromatic heterocycles. The average molecular weight is 418 g/mol. The van der Waals surface area contributed by atoms with Gasteiger partial charge in [-0.2, -0.15) is 0 Å². The highest BCUT2D eigenvalue weighted by Gasteiger charge is 2.23. The highest BCUT2D eigenvalue weighted by molar-refractivity contribution is 6.01. The van der Waals surface area contributed by atoms with Crippen LogP contribution in [0, 0.1) is 13.8 Å². The van der Waals surface area contributed by atoms with Crippen molar-refractivity contribution in [3.05, 3.63) is 94.3 Å². The number of nitrogens with one attached hydrogen (secondary N) is 1. The van der Waals surface area contributed by atoms with E-state index in [1.807, 2.05) is 60.7 Å². The van der Waals surface area contributed by atoms with E-state index in [1.165, 1.54) is 6.92 Å². The van der Waals surface area contributed by atoms with E-state index in [-0.39, 0.29) is 24.0 Å². The quantitative estimate of drug-likeness (QED) is 0.439. The molecule has 0 unspecified atom stereocenters. The minimum absolute atomic E-state index is 0.127. The molecule has 6 nitrogen and oxygen atoms in total. The van der Waals surface area contributed by atoms with Gasteiger partial charge in [0.15, 0.2) is 12.4 Å². The smallest absolute Gasteiger partial charge is 0.355 e. The summed E-state index contributed by atoms with van der Waals surface area (Å²) in [7, 11) is 0. The summed E-state index contributed by atoms with van der Waals surface area (Å²) < 4.78 is 5.30. The predicted octanol–water partition coefficient (Wildman–Crippen LogP) is 4.22. The molecule has 3 aromatic rings. The molecule has 0 aliphatic carbocycles. The largest absolute Gasteiger partial charge is 0.451 e. The summed E-state index contributed by atoms with van der Waals surface area (Å²) in [6.07, 6.45) is 0. The van der Waals surface area contributed by atoms with Gasteiger partial charge in [-0.1, -0.05) is 60.7 Å². The maximum Gasteiger partial charge on any atom is 0.355 e. The van der Waals surface area contributed by atoms with Crippen LogP contribution in [-0.2, 0) is 22.6 Å². The van der Waals surface area contributed by atoms with Gasteiger partial charge in [-0.25, -0.2) is 4.79 Å². The zero-order valence-electron chi connectivity index (χ0n) is 18.0. The van der Waals surface area contributed by atoms with Gasteiger partial charge in [0.2, 0.25) is 0 Å². The Bertz CT molecular complexity index is 1030. The molecule has 0 atom stereocenters. The van der Waals surface area contributed by atoms with Gasteiger partial charge in [0.25, 0.3) is 5.91 Å². The first-order valence-electron chi connectivity index (χ1n) is 10.1. The summed E-state index contributed by atoms with van der Waals surface area (Å²) in [5.41, 5.74) is 3.80. The van der Waals surface area contributed by atoms with Crippen LogP contribution in [0.5, 0.6) is 0 Å². The summed E-state index contributed by atoms with van der Waals surface area (Å²) in [6.45, 7) is 5.30. The topological polar surface area (TPSA) is 79.5 Å². The summed E-state index contributed by atoms with van der Waals surface area (Å²) in [5.74, 6) is -1.08. The van der Waals surface area contributed by atoms with Crippen LogP contribution in [0.2, 0.25) is 0 Å². The molecule has 0 spiro atoms. The van der Waals surface area contributed by atoms with Gasteiger partial charge in [0.05, 0.1) is 0 Å². The zero-order valence-corrected chi connectivity index (χ0v) is 18.0. The summed E-state index contributed by atoms with van der Waals surface area (Å²) in [5, 5.41) is 0. The van der Waals surface area contributed by atoms with Crippen molar-refractivity contribution in [1.29, 1.82) is 0 Å². The van der Waals surface area contributed by atoms with Crippen molar-refractivity contribution in [3.63, 3.8) is 0 Å². The van der Waals surface area contributed by atoms with Crippen LogP contribution in [0.1, 0.15) is 50.2 Å². The molecule has 0 fully saturated rings. The number of nitrogens with zero attached hydrogens (tertiary/aromatic N) is 1. The third-order valence-electron chi connectivity index (χ3n) is 5.11. The number of hydrogen-bond acceptors (Lipinski definition) is 4. The lowest BCUT2D eigenvalue weighted by molar-refractivity contribution is -0.135. The molecule has 0 radical (unpaired) electrons. The van der Waals surface area contributed by atoms with Crippen LogP contribution in [-0.4, -0.2) is 34.2 Å². The van der Waals surface area contributed by atoms with E-state index in [1.54, 1.807) is 18.7 Å². The second-order valence-corrected chi connectivity index (χ2v) is 7.48. The molecule has 3 rings (SSSR count). The van der Waals surface area contributed by atoms with E-state index >= 15 is 0 Å². The number of Topliss-reactive ketones (excluding diaryl/α,β-unsaturated/α-hetero) is 1. The van der Waals surface area contributed by atoms with Crippen molar-refractivity contribution in [2.75, 3.05) is 6.61 Å². The molecule has 1 heterocycles. The second kappa shape index (κ2) is 9.89. The molecule has 1 N–H and O–H groups in total. The minimum Gasteiger partial charge on any atom is -0.451 e. The summed E-state index contributed by atoms with van der Waals surface area (Å²) >= 11 is 0. The fourth-order valence-electron chi connectivity index (χ4n) is 3.61. The number of carbonyl (C=O) groups is 3. The molecular formula is C25H26N2O4. The second-order valence-electron chi connectivity index (χ2n) is 7.48. The van der Waals surface area contributed by atoms with Crippen LogP contribution in [0.25, 0.3) is 0 Å². The monoisotopic (exact) mass is 418 g/mol. The number of rotatable bonds is 8. The number of H-pyrrole nitrogens is 1. The Balaban J connectivity index is 1.72. The maximum atomic E-state index is 12.9. The molecule has 0 bridgehead atoms. The van der Waals surface area contributed by atoms with E-state index in [0.29, 0.717) is 29.9 Å². The van der Waals surface area contributed by atoms with E-state index in [2.05, 4.69) is 4.98 Å². The molecule has 0 aliphatic heterocycles. The van der Waals surface area contributed by atoms with Crippen molar-refractivity contribution in [2.24, 2.45) is 0 Å². The number of carbonyl (C=O) groups excluding carboxylic acids is 3. The molecule has 2 aromatic carbocycles. The van der Waals surface area contributed by atoms with Gasteiger partial charge in [-0.3, -0.25) is 9.59 Å². The zero-order chi connectivity index (χ0) is 22.4. The molecule has 0 aliphatic rings. The lowest BCUT2D eigenvalue weighted by atomic mass is 10.1. The predicted molar refractivity (Wildman–Crippen MR) is 118 cm³/mol. The number of benzene rings is 2. The number of aromatic nitrogens is 1. The Morgan fingerprint density at radius 2 is 1.39 bits per heavy atom. The average Bonchev–Trinajstić information content (AvgIpc) is 3.07.